The molecule has 0 saturated carbocycles. The van der Waals surface area contributed by atoms with Crippen molar-refractivity contribution >= 4 is 46.1 Å². The second kappa shape index (κ2) is 9.75. The van der Waals surface area contributed by atoms with Crippen LogP contribution in [0.5, 0.6) is 11.5 Å². The minimum atomic E-state index is -4.89. The van der Waals surface area contributed by atoms with E-state index in [0.717, 1.165) is 24.3 Å². The number of anilines is 1. The van der Waals surface area contributed by atoms with E-state index in [0.29, 0.717) is 10.3 Å². The number of alkyl halides is 3. The smallest absolute Gasteiger partial charge is 0.433 e. The predicted octanol–water partition coefficient (Wildman–Crippen LogP) is 5.90. The highest BCUT2D eigenvalue weighted by Crippen LogP contribution is 2.37. The number of fused-ring (bicyclic) bond motifs is 1. The molecule has 0 aliphatic carbocycles. The number of carbonyl (C=O) groups is 1. The third-order valence-corrected chi connectivity index (χ3v) is 5.79. The van der Waals surface area contributed by atoms with Crippen molar-refractivity contribution < 1.29 is 32.4 Å². The van der Waals surface area contributed by atoms with Crippen LogP contribution in [-0.4, -0.2) is 39.6 Å². The third-order valence-electron chi connectivity index (χ3n) is 5.13. The number of aromatic nitrogens is 3. The molecule has 0 atom stereocenters. The quantitative estimate of drug-likeness (QED) is 0.232. The van der Waals surface area contributed by atoms with Crippen molar-refractivity contribution in [1.82, 2.24) is 14.6 Å². The summed E-state index contributed by atoms with van der Waals surface area (Å²) in [5.41, 5.74) is -2.47. The summed E-state index contributed by atoms with van der Waals surface area (Å²) in [7, 11) is 2.78. The first kappa shape index (κ1) is 26.0. The molecule has 192 valence electrons. The number of hydrogen-bond donors (Lipinski definition) is 1. The zero-order chi connectivity index (χ0) is 27.1. The summed E-state index contributed by atoms with van der Waals surface area (Å²) in [6, 6.07) is 8.43. The standard InChI is InChI=1S/C22H14Cl2F3N5O5/c1-36-15-6-3-10(7-16(15)37-2)14-9-17(22(25,26)27)31-20(28-14)18(24)19(30-31)21(33)29-13-5-4-11(32(34)35)8-12(13)23/h3-9H,1-2H3,(H,29,33). The number of carbonyl (C=O) groups excluding carboxylic acids is 1. The van der Waals surface area contributed by atoms with E-state index >= 15 is 0 Å². The van der Waals surface area contributed by atoms with Gasteiger partial charge in [0.15, 0.2) is 28.5 Å². The van der Waals surface area contributed by atoms with E-state index in [1.165, 1.54) is 32.4 Å². The van der Waals surface area contributed by atoms with Crippen LogP contribution in [0.3, 0.4) is 0 Å². The highest BCUT2D eigenvalue weighted by Gasteiger charge is 2.37. The molecule has 4 rings (SSSR count). The van der Waals surface area contributed by atoms with E-state index in [-0.39, 0.29) is 33.4 Å². The van der Waals surface area contributed by atoms with Crippen LogP contribution in [-0.2, 0) is 6.18 Å². The second-order valence-electron chi connectivity index (χ2n) is 7.37. The van der Waals surface area contributed by atoms with Crippen molar-refractivity contribution in [2.75, 3.05) is 19.5 Å². The van der Waals surface area contributed by atoms with Crippen LogP contribution in [0.2, 0.25) is 10.0 Å². The van der Waals surface area contributed by atoms with E-state index in [9.17, 15) is 28.1 Å². The van der Waals surface area contributed by atoms with Gasteiger partial charge in [-0.2, -0.15) is 18.3 Å². The maximum atomic E-state index is 14.0. The van der Waals surface area contributed by atoms with Gasteiger partial charge in [-0.05, 0) is 30.3 Å². The highest BCUT2D eigenvalue weighted by atomic mass is 35.5. The lowest BCUT2D eigenvalue weighted by Gasteiger charge is -2.12. The Morgan fingerprint density at radius 1 is 1.08 bits per heavy atom. The van der Waals surface area contributed by atoms with Gasteiger partial charge in [0.2, 0.25) is 0 Å². The van der Waals surface area contributed by atoms with Crippen molar-refractivity contribution in [3.63, 3.8) is 0 Å². The van der Waals surface area contributed by atoms with Crippen LogP contribution < -0.4 is 14.8 Å². The minimum Gasteiger partial charge on any atom is -0.493 e. The SMILES string of the molecule is COc1ccc(-c2cc(C(F)(F)F)n3nc(C(=O)Nc4ccc([N+](=O)[O-])cc4Cl)c(Cl)c3n2)cc1OC. The van der Waals surface area contributed by atoms with Crippen LogP contribution in [0.4, 0.5) is 24.5 Å². The number of halogens is 5. The molecule has 0 bridgehead atoms. The van der Waals surface area contributed by atoms with E-state index < -0.39 is 39.1 Å². The Hall–Kier alpha value is -4.10. The molecule has 15 heteroatoms. The Morgan fingerprint density at radius 2 is 1.78 bits per heavy atom. The summed E-state index contributed by atoms with van der Waals surface area (Å²) >= 11 is 12.3. The van der Waals surface area contributed by atoms with Crippen molar-refractivity contribution in [2.24, 2.45) is 0 Å². The summed E-state index contributed by atoms with van der Waals surface area (Å²) in [4.78, 5) is 27.2. The number of amides is 1. The number of rotatable bonds is 6. The molecule has 0 saturated heterocycles. The molecule has 37 heavy (non-hydrogen) atoms. The summed E-state index contributed by atoms with van der Waals surface area (Å²) in [6.45, 7) is 0. The monoisotopic (exact) mass is 555 g/mol. The third kappa shape index (κ3) is 4.95. The van der Waals surface area contributed by atoms with Gasteiger partial charge in [-0.15, -0.1) is 0 Å². The van der Waals surface area contributed by atoms with Crippen LogP contribution in [0.1, 0.15) is 16.2 Å². The number of hydrogen-bond acceptors (Lipinski definition) is 7. The Morgan fingerprint density at radius 3 is 2.38 bits per heavy atom. The first-order valence-electron chi connectivity index (χ1n) is 10.1. The fraction of sp³-hybridized carbons (Fsp3) is 0.136. The molecular weight excluding hydrogens is 542 g/mol. The second-order valence-corrected chi connectivity index (χ2v) is 8.15. The molecule has 2 heterocycles. The van der Waals surface area contributed by atoms with Crippen LogP contribution in [0, 0.1) is 10.1 Å². The van der Waals surface area contributed by atoms with Gasteiger partial charge in [-0.25, -0.2) is 9.50 Å². The van der Waals surface area contributed by atoms with Crippen molar-refractivity contribution in [3.8, 4) is 22.8 Å². The first-order valence-corrected chi connectivity index (χ1v) is 10.8. The Bertz CT molecular complexity index is 1560. The summed E-state index contributed by atoms with van der Waals surface area (Å²) in [6.07, 6.45) is -4.89. The molecule has 2 aromatic carbocycles. The van der Waals surface area contributed by atoms with Crippen molar-refractivity contribution in [1.29, 1.82) is 0 Å². The van der Waals surface area contributed by atoms with Gasteiger partial charge >= 0.3 is 6.18 Å². The number of benzene rings is 2. The molecule has 0 aliphatic heterocycles. The zero-order valence-electron chi connectivity index (χ0n) is 18.8. The molecule has 0 unspecified atom stereocenters. The van der Waals surface area contributed by atoms with Crippen LogP contribution in [0.25, 0.3) is 16.9 Å². The number of methoxy groups -OCH3 is 2. The highest BCUT2D eigenvalue weighted by molar-refractivity contribution is 6.37. The van der Waals surface area contributed by atoms with Gasteiger partial charge < -0.3 is 14.8 Å². The summed E-state index contributed by atoms with van der Waals surface area (Å²) < 4.78 is 52.7. The van der Waals surface area contributed by atoms with Gasteiger partial charge in [-0.3, -0.25) is 14.9 Å². The van der Waals surface area contributed by atoms with Gasteiger partial charge in [0.1, 0.15) is 5.02 Å². The Balaban J connectivity index is 1.82. The first-order chi connectivity index (χ1) is 17.4. The number of nitro groups is 1. The molecule has 0 aliphatic rings. The molecule has 0 spiro atoms. The normalized spacial score (nSPS) is 11.4. The topological polar surface area (TPSA) is 121 Å². The number of ether oxygens (including phenoxy) is 2. The molecule has 10 nitrogen and oxygen atoms in total. The molecule has 4 aromatic rings. The van der Waals surface area contributed by atoms with Crippen LogP contribution >= 0.6 is 23.2 Å². The lowest BCUT2D eigenvalue weighted by atomic mass is 10.1. The van der Waals surface area contributed by atoms with Crippen molar-refractivity contribution in [3.05, 3.63) is 74.0 Å². The van der Waals surface area contributed by atoms with E-state index in [4.69, 9.17) is 32.7 Å². The molecule has 1 N–H and O–H groups in total. The Kier molecular flexibility index (Phi) is 6.84. The molecule has 0 fully saturated rings. The van der Waals surface area contributed by atoms with E-state index in [1.54, 1.807) is 0 Å². The lowest BCUT2D eigenvalue weighted by molar-refractivity contribution is -0.384. The van der Waals surface area contributed by atoms with Gasteiger partial charge in [0.25, 0.3) is 11.6 Å². The number of nitrogens with zero attached hydrogens (tertiary/aromatic N) is 4. The largest absolute Gasteiger partial charge is 0.493 e. The predicted molar refractivity (Wildman–Crippen MR) is 128 cm³/mol. The number of nitrogens with one attached hydrogen (secondary N) is 1. The van der Waals surface area contributed by atoms with E-state index in [1.807, 2.05) is 0 Å². The molecule has 1 amide bonds. The number of nitro benzene ring substituents is 1. The Labute approximate surface area is 215 Å². The fourth-order valence-corrected chi connectivity index (χ4v) is 3.85. The average molecular weight is 556 g/mol. The van der Waals surface area contributed by atoms with Gasteiger partial charge in [0, 0.05) is 17.7 Å². The maximum absolute atomic E-state index is 14.0. The zero-order valence-corrected chi connectivity index (χ0v) is 20.3. The van der Waals surface area contributed by atoms with E-state index in [2.05, 4.69) is 15.4 Å². The fourth-order valence-electron chi connectivity index (χ4n) is 3.38. The number of non-ortho nitro benzene ring substituents is 1. The van der Waals surface area contributed by atoms with Gasteiger partial charge in [0.05, 0.1) is 35.5 Å². The lowest BCUT2D eigenvalue weighted by Crippen LogP contribution is -2.16. The average Bonchev–Trinajstić information content (AvgIpc) is 3.19. The molecule has 2 aromatic heterocycles. The van der Waals surface area contributed by atoms with Crippen molar-refractivity contribution in [2.45, 2.75) is 6.18 Å². The minimum absolute atomic E-state index is 0.0413. The van der Waals surface area contributed by atoms with Crippen LogP contribution in [0.15, 0.2) is 42.5 Å². The van der Waals surface area contributed by atoms with Gasteiger partial charge in [-0.1, -0.05) is 23.2 Å². The molecular formula is C22H14Cl2F3N5O5. The summed E-state index contributed by atoms with van der Waals surface area (Å²) in [5.74, 6) is -0.392. The molecule has 0 radical (unpaired) electrons. The summed E-state index contributed by atoms with van der Waals surface area (Å²) in [5, 5.41) is 16.3. The maximum Gasteiger partial charge on any atom is 0.433 e.